The first kappa shape index (κ1) is 29.9. The molecule has 0 aromatic heterocycles. The number of hydrogen-bond acceptors (Lipinski definition) is 2. The van der Waals surface area contributed by atoms with Crippen LogP contribution in [0, 0.1) is 17.8 Å². The molecule has 4 unspecified atom stereocenters. The van der Waals surface area contributed by atoms with Gasteiger partial charge in [-0.15, -0.1) is 0 Å². The van der Waals surface area contributed by atoms with Crippen LogP contribution in [0.4, 0.5) is 0 Å². The van der Waals surface area contributed by atoms with Gasteiger partial charge in [0, 0.05) is 6.61 Å². The minimum absolute atomic E-state index is 0.0510. The van der Waals surface area contributed by atoms with Crippen LogP contribution in [0.3, 0.4) is 0 Å². The lowest BCUT2D eigenvalue weighted by Gasteiger charge is -2.19. The number of aliphatic hydroxyl groups excluding tert-OH is 2. The third-order valence-electron chi connectivity index (χ3n) is 6.80. The smallest absolute Gasteiger partial charge is 0.0540 e. The van der Waals surface area contributed by atoms with Crippen molar-refractivity contribution in [2.45, 2.75) is 156 Å². The van der Waals surface area contributed by atoms with Crippen LogP contribution in [-0.4, -0.2) is 22.9 Å². The summed E-state index contributed by atoms with van der Waals surface area (Å²) in [7, 11) is 0. The highest BCUT2D eigenvalue weighted by molar-refractivity contribution is 4.64. The van der Waals surface area contributed by atoms with Crippen molar-refractivity contribution in [3.63, 3.8) is 0 Å². The fourth-order valence-electron chi connectivity index (χ4n) is 4.90. The SMILES string of the molecule is CCCCCCCCCC(O)CCCCCCCCCC(C)CC(C)CC(C)CO. The zero-order valence-electron chi connectivity index (χ0n) is 21.3. The molecular weight excluding hydrogens is 368 g/mol. The van der Waals surface area contributed by atoms with E-state index in [0.717, 1.165) is 31.1 Å². The van der Waals surface area contributed by atoms with E-state index in [-0.39, 0.29) is 6.10 Å². The van der Waals surface area contributed by atoms with Gasteiger partial charge < -0.3 is 10.2 Å². The van der Waals surface area contributed by atoms with Crippen LogP contribution in [0.25, 0.3) is 0 Å². The lowest BCUT2D eigenvalue weighted by atomic mass is 9.87. The van der Waals surface area contributed by atoms with Crippen LogP contribution >= 0.6 is 0 Å². The standard InChI is InChI=1S/C28H58O2/c1-5-6-7-8-10-14-17-20-28(30)21-18-15-12-9-11-13-16-19-25(2)22-26(3)23-27(4)24-29/h25-30H,5-24H2,1-4H3. The zero-order valence-corrected chi connectivity index (χ0v) is 21.3. The molecule has 0 aromatic carbocycles. The summed E-state index contributed by atoms with van der Waals surface area (Å²) >= 11 is 0. The predicted octanol–water partition coefficient (Wildman–Crippen LogP) is 8.68. The van der Waals surface area contributed by atoms with E-state index < -0.39 is 0 Å². The van der Waals surface area contributed by atoms with Crippen molar-refractivity contribution in [2.24, 2.45) is 17.8 Å². The summed E-state index contributed by atoms with van der Waals surface area (Å²) in [4.78, 5) is 0. The summed E-state index contributed by atoms with van der Waals surface area (Å²) in [5, 5.41) is 19.3. The molecule has 0 bridgehead atoms. The van der Waals surface area contributed by atoms with Gasteiger partial charge in [-0.1, -0.05) is 124 Å². The highest BCUT2D eigenvalue weighted by Gasteiger charge is 2.12. The molecule has 0 spiro atoms. The molecule has 0 amide bonds. The van der Waals surface area contributed by atoms with Crippen molar-refractivity contribution in [1.29, 1.82) is 0 Å². The second kappa shape index (κ2) is 22.1. The summed E-state index contributed by atoms with van der Waals surface area (Å²) in [6.07, 6.45) is 24.5. The van der Waals surface area contributed by atoms with Gasteiger partial charge >= 0.3 is 0 Å². The second-order valence-corrected chi connectivity index (χ2v) is 10.6. The Labute approximate surface area is 190 Å². The van der Waals surface area contributed by atoms with Crippen LogP contribution in [-0.2, 0) is 0 Å². The first-order chi connectivity index (χ1) is 14.5. The molecule has 30 heavy (non-hydrogen) atoms. The van der Waals surface area contributed by atoms with Gasteiger partial charge in [-0.3, -0.25) is 0 Å². The van der Waals surface area contributed by atoms with E-state index in [1.807, 2.05) is 0 Å². The quantitative estimate of drug-likeness (QED) is 0.160. The van der Waals surface area contributed by atoms with Gasteiger partial charge in [-0.2, -0.15) is 0 Å². The molecule has 0 aliphatic rings. The van der Waals surface area contributed by atoms with Crippen LogP contribution in [0.15, 0.2) is 0 Å². The minimum Gasteiger partial charge on any atom is -0.396 e. The summed E-state index contributed by atoms with van der Waals surface area (Å²) in [5.74, 6) is 2.01. The van der Waals surface area contributed by atoms with E-state index in [1.165, 1.54) is 103 Å². The minimum atomic E-state index is -0.0510. The maximum Gasteiger partial charge on any atom is 0.0540 e. The summed E-state index contributed by atoms with van der Waals surface area (Å²) in [5.41, 5.74) is 0. The Morgan fingerprint density at radius 2 is 0.900 bits per heavy atom. The normalized spacial score (nSPS) is 15.8. The average molecular weight is 427 g/mol. The molecule has 2 heteroatoms. The molecule has 0 rings (SSSR count). The molecule has 4 atom stereocenters. The lowest BCUT2D eigenvalue weighted by Crippen LogP contribution is -2.10. The highest BCUT2D eigenvalue weighted by atomic mass is 16.3. The van der Waals surface area contributed by atoms with E-state index in [9.17, 15) is 10.2 Å². The predicted molar refractivity (Wildman–Crippen MR) is 134 cm³/mol. The van der Waals surface area contributed by atoms with Crippen LogP contribution in [0.1, 0.15) is 150 Å². The van der Waals surface area contributed by atoms with E-state index >= 15 is 0 Å². The van der Waals surface area contributed by atoms with Crippen LogP contribution in [0.2, 0.25) is 0 Å². The fourth-order valence-corrected chi connectivity index (χ4v) is 4.90. The molecule has 0 fully saturated rings. The Hall–Kier alpha value is -0.0800. The summed E-state index contributed by atoms with van der Waals surface area (Å²) in [6, 6.07) is 0. The highest BCUT2D eigenvalue weighted by Crippen LogP contribution is 2.23. The first-order valence-electron chi connectivity index (χ1n) is 13.8. The van der Waals surface area contributed by atoms with E-state index in [0.29, 0.717) is 12.5 Å². The third-order valence-corrected chi connectivity index (χ3v) is 6.80. The monoisotopic (exact) mass is 426 g/mol. The molecule has 0 heterocycles. The molecule has 182 valence electrons. The van der Waals surface area contributed by atoms with Gasteiger partial charge in [-0.25, -0.2) is 0 Å². The van der Waals surface area contributed by atoms with Crippen LogP contribution in [0.5, 0.6) is 0 Å². The lowest BCUT2D eigenvalue weighted by molar-refractivity contribution is 0.147. The Morgan fingerprint density at radius 1 is 0.500 bits per heavy atom. The van der Waals surface area contributed by atoms with Gasteiger partial charge in [0.25, 0.3) is 0 Å². The molecule has 0 radical (unpaired) electrons. The Kier molecular flexibility index (Phi) is 22.1. The molecule has 0 saturated carbocycles. The Morgan fingerprint density at radius 3 is 1.37 bits per heavy atom. The van der Waals surface area contributed by atoms with Crippen molar-refractivity contribution in [3.05, 3.63) is 0 Å². The molecule has 2 nitrogen and oxygen atoms in total. The molecule has 0 aliphatic carbocycles. The van der Waals surface area contributed by atoms with Gasteiger partial charge in [0.1, 0.15) is 0 Å². The number of unbranched alkanes of at least 4 members (excludes halogenated alkanes) is 12. The van der Waals surface area contributed by atoms with Gasteiger partial charge in [0.05, 0.1) is 6.10 Å². The van der Waals surface area contributed by atoms with E-state index in [2.05, 4.69) is 27.7 Å². The first-order valence-corrected chi connectivity index (χ1v) is 13.8. The molecule has 0 saturated heterocycles. The van der Waals surface area contributed by atoms with E-state index in [1.54, 1.807) is 0 Å². The Balaban J connectivity index is 3.35. The second-order valence-electron chi connectivity index (χ2n) is 10.6. The van der Waals surface area contributed by atoms with Crippen LogP contribution < -0.4 is 0 Å². The third kappa shape index (κ3) is 21.2. The Bertz CT molecular complexity index is 331. The van der Waals surface area contributed by atoms with Crippen molar-refractivity contribution >= 4 is 0 Å². The van der Waals surface area contributed by atoms with Crippen molar-refractivity contribution in [3.8, 4) is 0 Å². The molecule has 0 aromatic rings. The molecule has 2 N–H and O–H groups in total. The average Bonchev–Trinajstić information content (AvgIpc) is 2.71. The number of hydrogen-bond donors (Lipinski definition) is 2. The van der Waals surface area contributed by atoms with Crippen molar-refractivity contribution < 1.29 is 10.2 Å². The van der Waals surface area contributed by atoms with E-state index in [4.69, 9.17) is 0 Å². The largest absolute Gasteiger partial charge is 0.396 e. The zero-order chi connectivity index (χ0) is 22.5. The maximum absolute atomic E-state index is 10.1. The molecule has 0 aliphatic heterocycles. The van der Waals surface area contributed by atoms with Gasteiger partial charge in [0.15, 0.2) is 0 Å². The number of rotatable bonds is 23. The summed E-state index contributed by atoms with van der Waals surface area (Å²) in [6.45, 7) is 9.49. The topological polar surface area (TPSA) is 40.5 Å². The van der Waals surface area contributed by atoms with Gasteiger partial charge in [-0.05, 0) is 43.4 Å². The maximum atomic E-state index is 10.1. The van der Waals surface area contributed by atoms with Crippen molar-refractivity contribution in [1.82, 2.24) is 0 Å². The summed E-state index contributed by atoms with van der Waals surface area (Å²) < 4.78 is 0. The van der Waals surface area contributed by atoms with Gasteiger partial charge in [0.2, 0.25) is 0 Å². The van der Waals surface area contributed by atoms with Crippen molar-refractivity contribution in [2.75, 3.05) is 6.61 Å². The fraction of sp³-hybridized carbons (Fsp3) is 1.00. The number of aliphatic hydroxyl groups is 2. The molecular formula is C28H58O2.